The molecular weight excluding hydrogens is 306 g/mol. The highest BCUT2D eigenvalue weighted by Crippen LogP contribution is 2.14. The van der Waals surface area contributed by atoms with E-state index < -0.39 is 0 Å². The molecule has 0 bridgehead atoms. The van der Waals surface area contributed by atoms with Gasteiger partial charge in [0.15, 0.2) is 12.6 Å². The number of amides is 1. The summed E-state index contributed by atoms with van der Waals surface area (Å²) in [6.07, 6.45) is 3.16. The Morgan fingerprint density at radius 2 is 1.71 bits per heavy atom. The number of Topliss-reactive ketones (excluding diaryl/α,β-unsaturated/α-hetero) is 1. The number of ether oxygens (including phenoxy) is 2. The van der Waals surface area contributed by atoms with E-state index in [1.54, 1.807) is 49.6 Å². The van der Waals surface area contributed by atoms with E-state index >= 15 is 0 Å². The summed E-state index contributed by atoms with van der Waals surface area (Å²) in [6, 6.07) is 14.1. The van der Waals surface area contributed by atoms with Crippen molar-refractivity contribution in [3.8, 4) is 5.75 Å². The first-order valence-electron chi connectivity index (χ1n) is 7.40. The molecule has 0 aliphatic carbocycles. The fourth-order valence-electron chi connectivity index (χ4n) is 1.95. The Labute approximate surface area is 140 Å². The van der Waals surface area contributed by atoms with Crippen molar-refractivity contribution in [2.45, 2.75) is 6.92 Å². The van der Waals surface area contributed by atoms with E-state index in [9.17, 15) is 9.59 Å². The zero-order chi connectivity index (χ0) is 17.4. The molecule has 24 heavy (non-hydrogen) atoms. The van der Waals surface area contributed by atoms with Gasteiger partial charge in [-0.05, 0) is 55.0 Å². The van der Waals surface area contributed by atoms with Gasteiger partial charge in [-0.25, -0.2) is 0 Å². The van der Waals surface area contributed by atoms with Crippen LogP contribution >= 0.6 is 0 Å². The van der Waals surface area contributed by atoms with Gasteiger partial charge in [-0.3, -0.25) is 9.59 Å². The van der Waals surface area contributed by atoms with E-state index in [0.29, 0.717) is 17.0 Å². The molecular formula is C19H19NO4. The summed E-state index contributed by atoms with van der Waals surface area (Å²) in [6.45, 7) is 1.70. The average molecular weight is 325 g/mol. The van der Waals surface area contributed by atoms with Crippen molar-refractivity contribution in [3.63, 3.8) is 0 Å². The van der Waals surface area contributed by atoms with Crippen LogP contribution in [-0.2, 0) is 9.53 Å². The molecule has 2 aromatic rings. The number of nitrogens with one attached hydrogen (secondary N) is 1. The second-order valence-electron chi connectivity index (χ2n) is 5.08. The van der Waals surface area contributed by atoms with Crippen LogP contribution in [0.2, 0.25) is 0 Å². The number of carbonyl (C=O) groups excluding carboxylic acids is 2. The van der Waals surface area contributed by atoms with Crippen molar-refractivity contribution in [2.75, 3.05) is 19.2 Å². The van der Waals surface area contributed by atoms with Gasteiger partial charge in [0.2, 0.25) is 5.91 Å². The van der Waals surface area contributed by atoms with Crippen LogP contribution in [0, 0.1) is 0 Å². The number of hydrogen-bond acceptors (Lipinski definition) is 4. The van der Waals surface area contributed by atoms with Crippen LogP contribution in [0.15, 0.2) is 54.6 Å². The minimum Gasteiger partial charge on any atom is -0.468 e. The summed E-state index contributed by atoms with van der Waals surface area (Å²) in [7, 11) is 1.56. The Balaban J connectivity index is 1.91. The first-order chi connectivity index (χ1) is 11.6. The van der Waals surface area contributed by atoms with E-state index in [-0.39, 0.29) is 18.5 Å². The maximum absolute atomic E-state index is 11.9. The van der Waals surface area contributed by atoms with Crippen LogP contribution in [0.1, 0.15) is 22.8 Å². The topological polar surface area (TPSA) is 64.6 Å². The Kier molecular flexibility index (Phi) is 6.28. The Morgan fingerprint density at radius 1 is 1.04 bits per heavy atom. The monoisotopic (exact) mass is 325 g/mol. The molecule has 1 N–H and O–H groups in total. The van der Waals surface area contributed by atoms with Crippen molar-refractivity contribution in [1.29, 1.82) is 0 Å². The zero-order valence-corrected chi connectivity index (χ0v) is 13.6. The van der Waals surface area contributed by atoms with Gasteiger partial charge in [0.05, 0.1) is 0 Å². The first kappa shape index (κ1) is 17.4. The summed E-state index contributed by atoms with van der Waals surface area (Å²) in [5, 5.41) is 2.74. The molecule has 1 amide bonds. The Bertz CT molecular complexity index is 718. The molecule has 0 spiro atoms. The van der Waals surface area contributed by atoms with Crippen LogP contribution in [0.5, 0.6) is 5.75 Å². The van der Waals surface area contributed by atoms with Gasteiger partial charge in [-0.15, -0.1) is 0 Å². The van der Waals surface area contributed by atoms with Crippen molar-refractivity contribution in [2.24, 2.45) is 0 Å². The van der Waals surface area contributed by atoms with Crippen LogP contribution in [0.4, 0.5) is 5.69 Å². The molecule has 124 valence electrons. The van der Waals surface area contributed by atoms with E-state index in [4.69, 9.17) is 9.47 Å². The molecule has 0 fully saturated rings. The number of rotatable bonds is 7. The molecule has 0 radical (unpaired) electrons. The second-order valence-corrected chi connectivity index (χ2v) is 5.08. The third-order valence-corrected chi connectivity index (χ3v) is 3.21. The molecule has 0 aliphatic heterocycles. The average Bonchev–Trinajstić information content (AvgIpc) is 2.59. The number of methoxy groups -OCH3 is 1. The van der Waals surface area contributed by atoms with E-state index in [1.807, 2.05) is 12.1 Å². The van der Waals surface area contributed by atoms with Gasteiger partial charge in [-0.1, -0.05) is 12.1 Å². The molecule has 0 atom stereocenters. The largest absolute Gasteiger partial charge is 0.468 e. The van der Waals surface area contributed by atoms with Crippen molar-refractivity contribution < 1.29 is 19.1 Å². The summed E-state index contributed by atoms with van der Waals surface area (Å²) in [4.78, 5) is 23.1. The maximum atomic E-state index is 11.9. The van der Waals surface area contributed by atoms with Crippen LogP contribution < -0.4 is 10.1 Å². The van der Waals surface area contributed by atoms with E-state index in [2.05, 4.69) is 5.32 Å². The number of anilines is 1. The maximum Gasteiger partial charge on any atom is 0.248 e. The van der Waals surface area contributed by atoms with Gasteiger partial charge in [0.25, 0.3) is 0 Å². The summed E-state index contributed by atoms with van der Waals surface area (Å²) in [5.74, 6) is 0.444. The number of benzene rings is 2. The lowest BCUT2D eigenvalue weighted by atomic mass is 10.1. The van der Waals surface area contributed by atoms with Crippen molar-refractivity contribution >= 4 is 23.5 Å². The fraction of sp³-hybridized carbons (Fsp3) is 0.158. The first-order valence-corrected chi connectivity index (χ1v) is 7.40. The molecule has 0 aliphatic rings. The molecule has 0 saturated heterocycles. The highest BCUT2D eigenvalue weighted by atomic mass is 16.7. The van der Waals surface area contributed by atoms with Gasteiger partial charge < -0.3 is 14.8 Å². The Morgan fingerprint density at radius 3 is 2.29 bits per heavy atom. The van der Waals surface area contributed by atoms with Crippen molar-refractivity contribution in [1.82, 2.24) is 0 Å². The quantitative estimate of drug-likeness (QED) is 0.480. The second kappa shape index (κ2) is 8.64. The summed E-state index contributed by atoms with van der Waals surface area (Å²) < 4.78 is 10.1. The predicted molar refractivity (Wildman–Crippen MR) is 93.1 cm³/mol. The lowest BCUT2D eigenvalue weighted by molar-refractivity contribution is -0.111. The molecule has 0 heterocycles. The van der Waals surface area contributed by atoms with Crippen LogP contribution in [0.25, 0.3) is 6.08 Å². The summed E-state index contributed by atoms with van der Waals surface area (Å²) in [5.41, 5.74) is 2.12. The fourth-order valence-corrected chi connectivity index (χ4v) is 1.95. The lowest BCUT2D eigenvalue weighted by Gasteiger charge is -2.04. The third kappa shape index (κ3) is 5.37. The van der Waals surface area contributed by atoms with Crippen molar-refractivity contribution in [3.05, 3.63) is 65.7 Å². The van der Waals surface area contributed by atoms with Gasteiger partial charge in [-0.2, -0.15) is 0 Å². The van der Waals surface area contributed by atoms with Crippen LogP contribution in [0.3, 0.4) is 0 Å². The minimum absolute atomic E-state index is 0.00861. The molecule has 0 aromatic heterocycles. The standard InChI is InChI=1S/C19H19NO4/c1-14(21)16-6-8-17(9-7-16)20-19(22)12-5-15-3-10-18(11-4-15)24-13-23-2/h3-12H,13H2,1-2H3,(H,20,22)/b12-5+. The predicted octanol–water partition coefficient (Wildman–Crippen LogP) is 3.52. The SMILES string of the molecule is COCOc1ccc(/C=C/C(=O)Nc2ccc(C(C)=O)cc2)cc1. The number of carbonyl (C=O) groups is 2. The molecule has 2 rings (SSSR count). The minimum atomic E-state index is -0.245. The third-order valence-electron chi connectivity index (χ3n) is 3.21. The molecule has 5 nitrogen and oxygen atoms in total. The summed E-state index contributed by atoms with van der Waals surface area (Å²) >= 11 is 0. The number of ketones is 1. The van der Waals surface area contributed by atoms with Crippen LogP contribution in [-0.4, -0.2) is 25.6 Å². The van der Waals surface area contributed by atoms with Gasteiger partial charge in [0.1, 0.15) is 5.75 Å². The van der Waals surface area contributed by atoms with Gasteiger partial charge >= 0.3 is 0 Å². The molecule has 5 heteroatoms. The zero-order valence-electron chi connectivity index (χ0n) is 13.6. The highest BCUT2D eigenvalue weighted by Gasteiger charge is 2.01. The molecule has 0 unspecified atom stereocenters. The smallest absolute Gasteiger partial charge is 0.248 e. The molecule has 2 aromatic carbocycles. The van der Waals surface area contributed by atoms with Gasteiger partial charge in [0, 0.05) is 24.4 Å². The highest BCUT2D eigenvalue weighted by molar-refractivity contribution is 6.02. The van der Waals surface area contributed by atoms with E-state index in [0.717, 1.165) is 5.56 Å². The normalized spacial score (nSPS) is 10.6. The van der Waals surface area contributed by atoms with E-state index in [1.165, 1.54) is 13.0 Å². The Hall–Kier alpha value is -2.92. The molecule has 0 saturated carbocycles. The number of hydrogen-bond donors (Lipinski definition) is 1. The lowest BCUT2D eigenvalue weighted by Crippen LogP contribution is -2.07.